The van der Waals surface area contributed by atoms with Crippen LogP contribution >= 0.6 is 23.2 Å². The number of carbonyl (C=O) groups is 2. The van der Waals surface area contributed by atoms with Crippen molar-refractivity contribution >= 4 is 35.0 Å². The monoisotopic (exact) mass is 464 g/mol. The SMILES string of the molecule is CCC(C)NC(=O)C(C)N(Cc1c(Cl)cccc1Cl)C(=O)COc1ccc(C)c(C)c1. The molecule has 0 aliphatic heterocycles. The van der Waals surface area contributed by atoms with Crippen LogP contribution in [0.1, 0.15) is 43.9 Å². The highest BCUT2D eigenvalue weighted by Crippen LogP contribution is 2.27. The van der Waals surface area contributed by atoms with Crippen LogP contribution in [-0.2, 0) is 16.1 Å². The Labute approximate surface area is 194 Å². The zero-order valence-corrected chi connectivity index (χ0v) is 20.2. The van der Waals surface area contributed by atoms with Crippen LogP contribution < -0.4 is 10.1 Å². The van der Waals surface area contributed by atoms with Crippen LogP contribution in [0, 0.1) is 13.8 Å². The number of carbonyl (C=O) groups excluding carboxylic acids is 2. The van der Waals surface area contributed by atoms with Gasteiger partial charge in [-0.15, -0.1) is 0 Å². The van der Waals surface area contributed by atoms with E-state index in [1.54, 1.807) is 25.1 Å². The van der Waals surface area contributed by atoms with E-state index in [2.05, 4.69) is 5.32 Å². The average Bonchev–Trinajstić information content (AvgIpc) is 2.73. The molecule has 2 unspecified atom stereocenters. The minimum atomic E-state index is -0.725. The maximum Gasteiger partial charge on any atom is 0.261 e. The zero-order valence-electron chi connectivity index (χ0n) is 18.7. The largest absolute Gasteiger partial charge is 0.484 e. The molecule has 2 aromatic rings. The van der Waals surface area contributed by atoms with Crippen molar-refractivity contribution < 1.29 is 14.3 Å². The molecule has 1 N–H and O–H groups in total. The number of hydrogen-bond acceptors (Lipinski definition) is 3. The first-order valence-corrected chi connectivity index (χ1v) is 11.1. The molecule has 0 spiro atoms. The molecule has 7 heteroatoms. The van der Waals surface area contributed by atoms with Crippen LogP contribution in [0.25, 0.3) is 0 Å². The van der Waals surface area contributed by atoms with Gasteiger partial charge in [-0.05, 0) is 69.5 Å². The van der Waals surface area contributed by atoms with Gasteiger partial charge in [-0.2, -0.15) is 0 Å². The van der Waals surface area contributed by atoms with Crippen LogP contribution in [0.2, 0.25) is 10.0 Å². The predicted octanol–water partition coefficient (Wildman–Crippen LogP) is 5.32. The van der Waals surface area contributed by atoms with E-state index < -0.39 is 6.04 Å². The van der Waals surface area contributed by atoms with Crippen molar-refractivity contribution in [1.82, 2.24) is 10.2 Å². The van der Waals surface area contributed by atoms with Crippen molar-refractivity contribution in [2.75, 3.05) is 6.61 Å². The number of amides is 2. The Morgan fingerprint density at radius 1 is 1.06 bits per heavy atom. The van der Waals surface area contributed by atoms with Crippen LogP contribution in [0.5, 0.6) is 5.75 Å². The minimum absolute atomic E-state index is 0.00240. The number of nitrogens with one attached hydrogen (secondary N) is 1. The van der Waals surface area contributed by atoms with Crippen molar-refractivity contribution in [2.24, 2.45) is 0 Å². The molecule has 2 aromatic carbocycles. The number of nitrogens with zero attached hydrogens (tertiary/aromatic N) is 1. The first-order chi connectivity index (χ1) is 14.6. The summed E-state index contributed by atoms with van der Waals surface area (Å²) in [5.74, 6) is 0.0296. The maximum atomic E-state index is 13.1. The van der Waals surface area contributed by atoms with Gasteiger partial charge in [0.15, 0.2) is 6.61 Å². The molecule has 0 aromatic heterocycles. The van der Waals surface area contributed by atoms with E-state index in [9.17, 15) is 9.59 Å². The molecule has 168 valence electrons. The van der Waals surface area contributed by atoms with Crippen molar-refractivity contribution in [3.05, 3.63) is 63.1 Å². The standard InChI is InChI=1S/C24H30Cl2N2O3/c1-6-17(4)27-24(30)18(5)28(13-20-21(25)8-7-9-22(20)26)23(29)14-31-19-11-10-15(2)16(3)12-19/h7-12,17-18H,6,13-14H2,1-5H3,(H,27,30). The third-order valence-corrected chi connectivity index (χ3v) is 6.11. The minimum Gasteiger partial charge on any atom is -0.484 e. The van der Waals surface area contributed by atoms with Gasteiger partial charge in [-0.3, -0.25) is 9.59 Å². The molecule has 0 aliphatic rings. The number of hydrogen-bond donors (Lipinski definition) is 1. The molecule has 0 bridgehead atoms. The number of benzene rings is 2. The second-order valence-electron chi connectivity index (χ2n) is 7.75. The number of rotatable bonds is 9. The third kappa shape index (κ3) is 6.88. The van der Waals surface area contributed by atoms with Gasteiger partial charge in [0.1, 0.15) is 11.8 Å². The van der Waals surface area contributed by atoms with Crippen LogP contribution in [0.15, 0.2) is 36.4 Å². The number of halogens is 2. The summed E-state index contributed by atoms with van der Waals surface area (Å²) in [6.07, 6.45) is 0.790. The number of aryl methyl sites for hydroxylation is 2. The van der Waals surface area contributed by atoms with Crippen LogP contribution in [0.4, 0.5) is 0 Å². The highest BCUT2D eigenvalue weighted by molar-refractivity contribution is 6.36. The highest BCUT2D eigenvalue weighted by atomic mass is 35.5. The predicted molar refractivity (Wildman–Crippen MR) is 126 cm³/mol. The normalized spacial score (nSPS) is 12.7. The highest BCUT2D eigenvalue weighted by Gasteiger charge is 2.28. The van der Waals surface area contributed by atoms with Crippen molar-refractivity contribution in [3.8, 4) is 5.75 Å². The van der Waals surface area contributed by atoms with Gasteiger partial charge < -0.3 is 15.0 Å². The van der Waals surface area contributed by atoms with Gasteiger partial charge in [0.2, 0.25) is 5.91 Å². The van der Waals surface area contributed by atoms with Gasteiger partial charge in [0.25, 0.3) is 5.91 Å². The molecule has 0 aliphatic carbocycles. The van der Waals surface area contributed by atoms with E-state index >= 15 is 0 Å². The van der Waals surface area contributed by atoms with Gasteiger partial charge in [0, 0.05) is 28.2 Å². The van der Waals surface area contributed by atoms with E-state index in [1.807, 2.05) is 45.9 Å². The van der Waals surface area contributed by atoms with E-state index in [0.29, 0.717) is 21.4 Å². The zero-order chi connectivity index (χ0) is 23.1. The second kappa shape index (κ2) is 11.4. The Balaban J connectivity index is 2.23. The summed E-state index contributed by atoms with van der Waals surface area (Å²) in [7, 11) is 0. The van der Waals surface area contributed by atoms with Crippen molar-refractivity contribution in [1.29, 1.82) is 0 Å². The van der Waals surface area contributed by atoms with Crippen LogP contribution in [0.3, 0.4) is 0 Å². The Bertz CT molecular complexity index is 913. The topological polar surface area (TPSA) is 58.6 Å². The molecule has 0 saturated carbocycles. The molecule has 2 amide bonds. The molecular weight excluding hydrogens is 435 g/mol. The van der Waals surface area contributed by atoms with Gasteiger partial charge in [0.05, 0.1) is 0 Å². The summed E-state index contributed by atoms with van der Waals surface area (Å²) >= 11 is 12.6. The van der Waals surface area contributed by atoms with E-state index in [4.69, 9.17) is 27.9 Å². The van der Waals surface area contributed by atoms with Crippen LogP contribution in [-0.4, -0.2) is 35.4 Å². The Kier molecular flexibility index (Phi) is 9.20. The quantitative estimate of drug-likeness (QED) is 0.545. The average molecular weight is 465 g/mol. The molecule has 0 fully saturated rings. The summed E-state index contributed by atoms with van der Waals surface area (Å²) < 4.78 is 5.73. The van der Waals surface area contributed by atoms with Crippen molar-refractivity contribution in [2.45, 2.75) is 59.7 Å². The third-order valence-electron chi connectivity index (χ3n) is 5.40. The molecule has 0 saturated heterocycles. The van der Waals surface area contributed by atoms with Gasteiger partial charge in [-0.1, -0.05) is 42.3 Å². The first kappa shape index (κ1) is 25.0. The molecule has 31 heavy (non-hydrogen) atoms. The summed E-state index contributed by atoms with van der Waals surface area (Å²) in [6.45, 7) is 9.49. The van der Waals surface area contributed by atoms with Gasteiger partial charge >= 0.3 is 0 Å². The number of ether oxygens (including phenoxy) is 1. The fraction of sp³-hybridized carbons (Fsp3) is 0.417. The smallest absolute Gasteiger partial charge is 0.261 e. The summed E-state index contributed by atoms with van der Waals surface area (Å²) in [6, 6.07) is 10.1. The summed E-state index contributed by atoms with van der Waals surface area (Å²) in [5.41, 5.74) is 2.81. The molecule has 5 nitrogen and oxygen atoms in total. The maximum absolute atomic E-state index is 13.1. The Morgan fingerprint density at radius 3 is 2.29 bits per heavy atom. The lowest BCUT2D eigenvalue weighted by atomic mass is 10.1. The second-order valence-corrected chi connectivity index (χ2v) is 8.56. The van der Waals surface area contributed by atoms with E-state index in [0.717, 1.165) is 17.5 Å². The van der Waals surface area contributed by atoms with Gasteiger partial charge in [-0.25, -0.2) is 0 Å². The summed E-state index contributed by atoms with van der Waals surface area (Å²) in [5, 5.41) is 3.81. The molecule has 0 radical (unpaired) electrons. The fourth-order valence-electron chi connectivity index (χ4n) is 2.93. The molecule has 2 rings (SSSR count). The van der Waals surface area contributed by atoms with E-state index in [1.165, 1.54) is 4.90 Å². The lowest BCUT2D eigenvalue weighted by Crippen LogP contribution is -2.50. The Morgan fingerprint density at radius 2 is 1.71 bits per heavy atom. The molecular formula is C24H30Cl2N2O3. The first-order valence-electron chi connectivity index (χ1n) is 10.4. The lowest BCUT2D eigenvalue weighted by molar-refractivity contribution is -0.142. The lowest BCUT2D eigenvalue weighted by Gasteiger charge is -2.30. The Hall–Kier alpha value is -2.24. The van der Waals surface area contributed by atoms with E-state index in [-0.39, 0.29) is 31.0 Å². The molecule has 2 atom stereocenters. The fourth-order valence-corrected chi connectivity index (χ4v) is 3.45. The molecule has 0 heterocycles. The van der Waals surface area contributed by atoms with Crippen molar-refractivity contribution in [3.63, 3.8) is 0 Å². The summed E-state index contributed by atoms with van der Waals surface area (Å²) in [4.78, 5) is 27.3.